The van der Waals surface area contributed by atoms with Crippen LogP contribution in [-0.4, -0.2) is 22.3 Å². The second-order valence-corrected chi connectivity index (χ2v) is 4.87. The fourth-order valence-electron chi connectivity index (χ4n) is 1.99. The molecule has 0 saturated carbocycles. The van der Waals surface area contributed by atoms with Crippen molar-refractivity contribution in [1.82, 2.24) is 15.1 Å². The first-order valence-corrected chi connectivity index (χ1v) is 7.07. The summed E-state index contributed by atoms with van der Waals surface area (Å²) in [6.07, 6.45) is 0. The third kappa shape index (κ3) is 4.27. The number of aromatic nitrogens is 2. The minimum Gasteiger partial charge on any atom is -0.481 e. The molecular formula is C16H16ClN3O2. The molecule has 0 atom stereocenters. The molecule has 0 radical (unpaired) electrons. The summed E-state index contributed by atoms with van der Waals surface area (Å²) in [6.45, 7) is 2.48. The molecular weight excluding hydrogens is 302 g/mol. The number of ether oxygens (including phenoxy) is 1. The topological polar surface area (TPSA) is 56.1 Å². The smallest absolute Gasteiger partial charge is 0.269 e. The summed E-state index contributed by atoms with van der Waals surface area (Å²) in [5.74, 6) is 3.13. The predicted octanol–water partition coefficient (Wildman–Crippen LogP) is 2.24. The lowest BCUT2D eigenvalue weighted by atomic mass is 10.2. The van der Waals surface area contributed by atoms with Crippen LogP contribution in [0.25, 0.3) is 0 Å². The fraction of sp³-hybridized carbons (Fsp3) is 0.250. The Kier molecular flexibility index (Phi) is 5.45. The molecule has 114 valence electrons. The molecule has 0 bridgehead atoms. The van der Waals surface area contributed by atoms with Crippen LogP contribution in [0.4, 0.5) is 0 Å². The summed E-state index contributed by atoms with van der Waals surface area (Å²) in [5, 5.41) is 9.26. The lowest BCUT2D eigenvalue weighted by Crippen LogP contribution is -2.25. The number of halogens is 1. The molecule has 1 aromatic heterocycles. The van der Waals surface area contributed by atoms with Crippen LogP contribution in [0.2, 0.25) is 0 Å². The number of amides is 1. The normalized spacial score (nSPS) is 9.77. The van der Waals surface area contributed by atoms with Crippen LogP contribution in [-0.2, 0) is 13.6 Å². The standard InChI is InChI=1S/C16H16ClN3O2/c1-12-9-15(20(2)19-12)16(21)18-11-13-5-3-6-14(10-13)22-8-4-7-17/h3,5-6,9-10H,8,11H2,1-2H3,(H,18,21). The number of carbonyl (C=O) groups is 1. The zero-order valence-electron chi connectivity index (χ0n) is 12.4. The van der Waals surface area contributed by atoms with Gasteiger partial charge in [0.1, 0.15) is 18.1 Å². The molecule has 0 spiro atoms. The first-order chi connectivity index (χ1) is 10.6. The number of carbonyl (C=O) groups excluding carboxylic acids is 1. The number of hydrogen-bond acceptors (Lipinski definition) is 3. The number of hydrogen-bond donors (Lipinski definition) is 1. The Hall–Kier alpha value is -2.45. The van der Waals surface area contributed by atoms with E-state index in [1.165, 1.54) is 0 Å². The number of rotatable bonds is 5. The molecule has 6 heteroatoms. The molecule has 0 saturated heterocycles. The summed E-state index contributed by atoms with van der Waals surface area (Å²) in [7, 11) is 1.74. The highest BCUT2D eigenvalue weighted by atomic mass is 35.5. The Morgan fingerprint density at radius 2 is 2.27 bits per heavy atom. The lowest BCUT2D eigenvalue weighted by Gasteiger charge is -2.07. The van der Waals surface area contributed by atoms with Gasteiger partial charge in [-0.25, -0.2) is 0 Å². The number of aryl methyl sites for hydroxylation is 2. The summed E-state index contributed by atoms with van der Waals surface area (Å²) < 4.78 is 6.98. The van der Waals surface area contributed by atoms with E-state index < -0.39 is 0 Å². The van der Waals surface area contributed by atoms with E-state index >= 15 is 0 Å². The highest BCUT2D eigenvalue weighted by molar-refractivity contribution is 6.30. The quantitative estimate of drug-likeness (QED) is 0.860. The molecule has 1 heterocycles. The van der Waals surface area contributed by atoms with Gasteiger partial charge >= 0.3 is 0 Å². The minimum absolute atomic E-state index is 0.164. The number of nitrogens with one attached hydrogen (secondary N) is 1. The molecule has 0 unspecified atom stereocenters. The fourth-order valence-corrected chi connectivity index (χ4v) is 2.04. The first-order valence-electron chi connectivity index (χ1n) is 6.69. The SMILES string of the molecule is Cc1cc(C(=O)NCc2cccc(OCC#CCl)c2)n(C)n1. The number of nitrogens with zero attached hydrogens (tertiary/aromatic N) is 2. The first kappa shape index (κ1) is 15.9. The van der Waals surface area contributed by atoms with Crippen LogP contribution in [0, 0.1) is 18.2 Å². The third-order valence-corrected chi connectivity index (χ3v) is 3.10. The van der Waals surface area contributed by atoms with Gasteiger partial charge in [0.2, 0.25) is 0 Å². The van der Waals surface area contributed by atoms with Crippen molar-refractivity contribution in [3.8, 4) is 17.0 Å². The maximum absolute atomic E-state index is 12.1. The van der Waals surface area contributed by atoms with Crippen molar-refractivity contribution < 1.29 is 9.53 Å². The molecule has 0 aliphatic carbocycles. The van der Waals surface area contributed by atoms with Crippen LogP contribution in [0.15, 0.2) is 30.3 Å². The van der Waals surface area contributed by atoms with Crippen molar-refractivity contribution in [3.05, 3.63) is 47.3 Å². The van der Waals surface area contributed by atoms with E-state index in [0.717, 1.165) is 11.3 Å². The van der Waals surface area contributed by atoms with Crippen molar-refractivity contribution >= 4 is 17.5 Å². The zero-order valence-corrected chi connectivity index (χ0v) is 13.1. The van der Waals surface area contributed by atoms with Crippen LogP contribution >= 0.6 is 11.6 Å². The summed E-state index contributed by atoms with van der Waals surface area (Å²) in [4.78, 5) is 12.1. The van der Waals surface area contributed by atoms with Crippen molar-refractivity contribution in [3.63, 3.8) is 0 Å². The van der Waals surface area contributed by atoms with Gasteiger partial charge in [-0.15, -0.1) is 0 Å². The molecule has 1 amide bonds. The van der Waals surface area contributed by atoms with Crippen molar-refractivity contribution in [2.45, 2.75) is 13.5 Å². The molecule has 2 rings (SSSR count). The van der Waals surface area contributed by atoms with Crippen LogP contribution in [0.3, 0.4) is 0 Å². The molecule has 0 aliphatic rings. The number of benzene rings is 1. The Morgan fingerprint density at radius 1 is 1.45 bits per heavy atom. The maximum atomic E-state index is 12.1. The van der Waals surface area contributed by atoms with Gasteiger partial charge in [-0.2, -0.15) is 5.10 Å². The van der Waals surface area contributed by atoms with Crippen molar-refractivity contribution in [1.29, 1.82) is 0 Å². The largest absolute Gasteiger partial charge is 0.481 e. The van der Waals surface area contributed by atoms with E-state index in [1.54, 1.807) is 17.8 Å². The zero-order chi connectivity index (χ0) is 15.9. The monoisotopic (exact) mass is 317 g/mol. The summed E-state index contributed by atoms with van der Waals surface area (Å²) in [5.41, 5.74) is 2.27. The van der Waals surface area contributed by atoms with E-state index in [0.29, 0.717) is 18.0 Å². The van der Waals surface area contributed by atoms with Crippen LogP contribution < -0.4 is 10.1 Å². The minimum atomic E-state index is -0.164. The van der Waals surface area contributed by atoms with Gasteiger partial charge in [0.25, 0.3) is 5.91 Å². The lowest BCUT2D eigenvalue weighted by molar-refractivity contribution is 0.0941. The van der Waals surface area contributed by atoms with E-state index in [9.17, 15) is 4.79 Å². The van der Waals surface area contributed by atoms with Gasteiger partial charge in [0.15, 0.2) is 0 Å². The van der Waals surface area contributed by atoms with E-state index in [1.807, 2.05) is 31.2 Å². The second kappa shape index (κ2) is 7.53. The average Bonchev–Trinajstić information content (AvgIpc) is 2.84. The second-order valence-electron chi connectivity index (χ2n) is 4.68. The van der Waals surface area contributed by atoms with E-state index in [4.69, 9.17) is 16.3 Å². The highest BCUT2D eigenvalue weighted by Gasteiger charge is 2.11. The molecule has 22 heavy (non-hydrogen) atoms. The third-order valence-electron chi connectivity index (χ3n) is 2.96. The van der Waals surface area contributed by atoms with E-state index in [-0.39, 0.29) is 12.5 Å². The molecule has 0 fully saturated rings. The van der Waals surface area contributed by atoms with Gasteiger partial charge in [-0.1, -0.05) is 12.1 Å². The highest BCUT2D eigenvalue weighted by Crippen LogP contribution is 2.13. The molecule has 5 nitrogen and oxygen atoms in total. The Labute approximate surface area is 134 Å². The predicted molar refractivity (Wildman–Crippen MR) is 84.7 cm³/mol. The summed E-state index contributed by atoms with van der Waals surface area (Å²) in [6, 6.07) is 9.20. The Balaban J connectivity index is 1.96. The molecule has 2 aromatic rings. The Morgan fingerprint density at radius 3 is 2.95 bits per heavy atom. The van der Waals surface area contributed by atoms with Gasteiger partial charge in [0.05, 0.1) is 5.69 Å². The van der Waals surface area contributed by atoms with E-state index in [2.05, 4.69) is 21.7 Å². The Bertz CT molecular complexity index is 728. The summed E-state index contributed by atoms with van der Waals surface area (Å²) >= 11 is 5.26. The van der Waals surface area contributed by atoms with Gasteiger partial charge in [-0.3, -0.25) is 9.48 Å². The van der Waals surface area contributed by atoms with Crippen LogP contribution in [0.5, 0.6) is 5.75 Å². The van der Waals surface area contributed by atoms with Crippen LogP contribution in [0.1, 0.15) is 21.7 Å². The molecule has 0 aliphatic heterocycles. The van der Waals surface area contributed by atoms with Crippen molar-refractivity contribution in [2.75, 3.05) is 6.61 Å². The molecule has 1 aromatic carbocycles. The average molecular weight is 318 g/mol. The van der Waals surface area contributed by atoms with Crippen molar-refractivity contribution in [2.24, 2.45) is 7.05 Å². The van der Waals surface area contributed by atoms with Gasteiger partial charge in [0, 0.05) is 19.0 Å². The van der Waals surface area contributed by atoms with Gasteiger partial charge < -0.3 is 10.1 Å². The molecule has 1 N–H and O–H groups in total. The van der Waals surface area contributed by atoms with Gasteiger partial charge in [-0.05, 0) is 48.2 Å². The maximum Gasteiger partial charge on any atom is 0.269 e.